The Morgan fingerprint density at radius 1 is 1.28 bits per heavy atom. The summed E-state index contributed by atoms with van der Waals surface area (Å²) in [5, 5.41) is 3.63. The highest BCUT2D eigenvalue weighted by Crippen LogP contribution is 2.27. The Morgan fingerprint density at radius 3 is 2.61 bits per heavy atom. The lowest BCUT2D eigenvalue weighted by Gasteiger charge is -2.25. The van der Waals surface area contributed by atoms with Crippen molar-refractivity contribution in [3.05, 3.63) is 34.6 Å². The molecule has 102 valence electrons. The molecule has 18 heavy (non-hydrogen) atoms. The molecule has 0 aliphatic carbocycles. The van der Waals surface area contributed by atoms with Crippen molar-refractivity contribution in [2.75, 3.05) is 13.1 Å². The molecule has 1 N–H and O–H groups in total. The Hall–Kier alpha value is -0.600. The van der Waals surface area contributed by atoms with Gasteiger partial charge in [0.15, 0.2) is 0 Å². The van der Waals surface area contributed by atoms with Gasteiger partial charge in [-0.05, 0) is 55.5 Å². The van der Waals surface area contributed by atoms with Crippen LogP contribution in [0.3, 0.4) is 0 Å². The SMILES string of the molecule is CCCNCCC(C)(C)Cc1ccc(F)c(Cl)c1. The second-order valence-corrected chi connectivity index (χ2v) is 6.00. The van der Waals surface area contributed by atoms with Crippen LogP contribution in [0.4, 0.5) is 4.39 Å². The van der Waals surface area contributed by atoms with Crippen molar-refractivity contribution in [3.63, 3.8) is 0 Å². The molecule has 1 aromatic carbocycles. The third-order valence-electron chi connectivity index (χ3n) is 3.07. The van der Waals surface area contributed by atoms with Gasteiger partial charge in [0.05, 0.1) is 5.02 Å². The van der Waals surface area contributed by atoms with Gasteiger partial charge in [-0.25, -0.2) is 4.39 Å². The van der Waals surface area contributed by atoms with Crippen molar-refractivity contribution >= 4 is 11.6 Å². The predicted molar refractivity (Wildman–Crippen MR) is 76.7 cm³/mol. The van der Waals surface area contributed by atoms with Crippen LogP contribution in [0.25, 0.3) is 0 Å². The quantitative estimate of drug-likeness (QED) is 0.723. The zero-order valence-electron chi connectivity index (χ0n) is 11.5. The number of halogens is 2. The summed E-state index contributed by atoms with van der Waals surface area (Å²) in [4.78, 5) is 0. The molecule has 1 aromatic rings. The first-order valence-electron chi connectivity index (χ1n) is 6.59. The van der Waals surface area contributed by atoms with E-state index in [1.807, 2.05) is 6.07 Å². The van der Waals surface area contributed by atoms with Crippen molar-refractivity contribution in [3.8, 4) is 0 Å². The molecule has 0 fully saturated rings. The first kappa shape index (κ1) is 15.5. The standard InChI is InChI=1S/C15H23ClFN/c1-4-8-18-9-7-15(2,3)11-12-5-6-14(17)13(16)10-12/h5-6,10,18H,4,7-9,11H2,1-3H3. The van der Waals surface area contributed by atoms with Gasteiger partial charge in [0, 0.05) is 0 Å². The summed E-state index contributed by atoms with van der Waals surface area (Å²) in [6.45, 7) is 8.72. The van der Waals surface area contributed by atoms with E-state index in [1.165, 1.54) is 6.07 Å². The van der Waals surface area contributed by atoms with Gasteiger partial charge in [0.2, 0.25) is 0 Å². The molecule has 1 rings (SSSR count). The zero-order valence-corrected chi connectivity index (χ0v) is 12.3. The normalized spacial score (nSPS) is 11.8. The van der Waals surface area contributed by atoms with Crippen LogP contribution in [0.2, 0.25) is 5.02 Å². The number of hydrogen-bond donors (Lipinski definition) is 1. The van der Waals surface area contributed by atoms with E-state index in [1.54, 1.807) is 6.07 Å². The lowest BCUT2D eigenvalue weighted by molar-refractivity contribution is 0.325. The lowest BCUT2D eigenvalue weighted by atomic mass is 9.82. The third-order valence-corrected chi connectivity index (χ3v) is 3.36. The Bertz CT molecular complexity index is 377. The van der Waals surface area contributed by atoms with Gasteiger partial charge in [-0.3, -0.25) is 0 Å². The molecular weight excluding hydrogens is 249 g/mol. The number of nitrogens with one attached hydrogen (secondary N) is 1. The van der Waals surface area contributed by atoms with E-state index in [2.05, 4.69) is 26.1 Å². The number of benzene rings is 1. The number of rotatable bonds is 7. The van der Waals surface area contributed by atoms with Crippen LogP contribution in [-0.2, 0) is 6.42 Å². The highest BCUT2D eigenvalue weighted by Gasteiger charge is 2.18. The lowest BCUT2D eigenvalue weighted by Crippen LogP contribution is -2.24. The summed E-state index contributed by atoms with van der Waals surface area (Å²) in [6, 6.07) is 5.00. The van der Waals surface area contributed by atoms with Crippen LogP contribution < -0.4 is 5.32 Å². The Morgan fingerprint density at radius 2 is 2.00 bits per heavy atom. The van der Waals surface area contributed by atoms with Crippen molar-refractivity contribution < 1.29 is 4.39 Å². The minimum absolute atomic E-state index is 0.196. The molecule has 0 heterocycles. The molecule has 0 aliphatic heterocycles. The average Bonchev–Trinajstić information content (AvgIpc) is 2.29. The van der Waals surface area contributed by atoms with Crippen LogP contribution in [0, 0.1) is 11.2 Å². The predicted octanol–water partition coefficient (Wildman–Crippen LogP) is 4.44. The van der Waals surface area contributed by atoms with Gasteiger partial charge in [-0.1, -0.05) is 38.4 Å². The van der Waals surface area contributed by atoms with E-state index in [4.69, 9.17) is 11.6 Å². The van der Waals surface area contributed by atoms with Gasteiger partial charge in [-0.15, -0.1) is 0 Å². The molecule has 0 unspecified atom stereocenters. The van der Waals surface area contributed by atoms with Crippen molar-refractivity contribution in [2.24, 2.45) is 5.41 Å². The van der Waals surface area contributed by atoms with Gasteiger partial charge in [0.25, 0.3) is 0 Å². The molecule has 1 nitrogen and oxygen atoms in total. The maximum Gasteiger partial charge on any atom is 0.141 e. The monoisotopic (exact) mass is 271 g/mol. The highest BCUT2D eigenvalue weighted by molar-refractivity contribution is 6.30. The zero-order chi connectivity index (χ0) is 13.6. The Labute approximate surface area is 115 Å². The smallest absolute Gasteiger partial charge is 0.141 e. The summed E-state index contributed by atoms with van der Waals surface area (Å²) in [7, 11) is 0. The van der Waals surface area contributed by atoms with E-state index >= 15 is 0 Å². The fourth-order valence-corrected chi connectivity index (χ4v) is 2.22. The molecule has 0 saturated carbocycles. The fourth-order valence-electron chi connectivity index (χ4n) is 2.02. The van der Waals surface area contributed by atoms with E-state index in [0.29, 0.717) is 0 Å². The maximum absolute atomic E-state index is 13.1. The minimum atomic E-state index is -0.345. The van der Waals surface area contributed by atoms with E-state index in [0.717, 1.165) is 37.9 Å². The summed E-state index contributed by atoms with van der Waals surface area (Å²) in [6.07, 6.45) is 3.18. The van der Waals surface area contributed by atoms with Gasteiger partial charge in [-0.2, -0.15) is 0 Å². The van der Waals surface area contributed by atoms with E-state index < -0.39 is 0 Å². The summed E-state index contributed by atoms with van der Waals surface area (Å²) >= 11 is 5.80. The summed E-state index contributed by atoms with van der Waals surface area (Å²) < 4.78 is 13.1. The summed E-state index contributed by atoms with van der Waals surface area (Å²) in [5.74, 6) is -0.345. The second-order valence-electron chi connectivity index (χ2n) is 5.59. The van der Waals surface area contributed by atoms with Gasteiger partial charge >= 0.3 is 0 Å². The topological polar surface area (TPSA) is 12.0 Å². The molecule has 0 atom stereocenters. The molecular formula is C15H23ClFN. The third kappa shape index (κ3) is 5.36. The van der Waals surface area contributed by atoms with Crippen LogP contribution in [0.5, 0.6) is 0 Å². The number of hydrogen-bond acceptors (Lipinski definition) is 1. The average molecular weight is 272 g/mol. The van der Waals surface area contributed by atoms with Crippen molar-refractivity contribution in [1.29, 1.82) is 0 Å². The molecule has 0 aromatic heterocycles. The first-order chi connectivity index (χ1) is 8.44. The molecule has 0 bridgehead atoms. The van der Waals surface area contributed by atoms with E-state index in [-0.39, 0.29) is 16.3 Å². The largest absolute Gasteiger partial charge is 0.317 e. The van der Waals surface area contributed by atoms with Crippen molar-refractivity contribution in [2.45, 2.75) is 40.0 Å². The Balaban J connectivity index is 2.50. The molecule has 0 radical (unpaired) electrons. The van der Waals surface area contributed by atoms with Crippen molar-refractivity contribution in [1.82, 2.24) is 5.32 Å². The Kier molecular flexibility index (Phi) is 6.10. The molecule has 3 heteroatoms. The summed E-state index contributed by atoms with van der Waals surface area (Å²) in [5.41, 5.74) is 1.30. The molecule has 0 spiro atoms. The van der Waals surface area contributed by atoms with E-state index in [9.17, 15) is 4.39 Å². The minimum Gasteiger partial charge on any atom is -0.317 e. The molecule has 0 amide bonds. The second kappa shape index (κ2) is 7.10. The maximum atomic E-state index is 13.1. The highest BCUT2D eigenvalue weighted by atomic mass is 35.5. The molecule has 0 aliphatic rings. The van der Waals surface area contributed by atoms with Gasteiger partial charge in [0.1, 0.15) is 5.82 Å². The van der Waals surface area contributed by atoms with Crippen LogP contribution in [-0.4, -0.2) is 13.1 Å². The van der Waals surface area contributed by atoms with Crippen LogP contribution >= 0.6 is 11.6 Å². The molecule has 0 saturated heterocycles. The van der Waals surface area contributed by atoms with Gasteiger partial charge < -0.3 is 5.32 Å². The van der Waals surface area contributed by atoms with Crippen LogP contribution in [0.15, 0.2) is 18.2 Å². The van der Waals surface area contributed by atoms with Crippen LogP contribution in [0.1, 0.15) is 39.2 Å². The fraction of sp³-hybridized carbons (Fsp3) is 0.600. The first-order valence-corrected chi connectivity index (χ1v) is 6.97.